The molecule has 1 fully saturated rings. The zero-order chi connectivity index (χ0) is 16.6. The van der Waals surface area contributed by atoms with E-state index in [1.54, 1.807) is 16.2 Å². The number of H-pyrrole nitrogens is 1. The first-order valence-electron chi connectivity index (χ1n) is 7.42. The number of thiazole rings is 1. The van der Waals surface area contributed by atoms with Crippen LogP contribution in [0.25, 0.3) is 0 Å². The molecule has 1 aliphatic heterocycles. The highest BCUT2D eigenvalue weighted by Crippen LogP contribution is 2.26. The van der Waals surface area contributed by atoms with Crippen molar-refractivity contribution in [2.45, 2.75) is 13.8 Å². The van der Waals surface area contributed by atoms with Gasteiger partial charge in [-0.05, 0) is 19.9 Å². The van der Waals surface area contributed by atoms with Crippen LogP contribution in [0.2, 0.25) is 0 Å². The summed E-state index contributed by atoms with van der Waals surface area (Å²) in [5.41, 5.74) is 6.99. The Bertz CT molecular complexity index is 723. The summed E-state index contributed by atoms with van der Waals surface area (Å²) >= 11 is 1.69. The summed E-state index contributed by atoms with van der Waals surface area (Å²) in [4.78, 5) is 36.2. The topological polar surface area (TPSA) is 95.3 Å². The van der Waals surface area contributed by atoms with Gasteiger partial charge in [0, 0.05) is 37.3 Å². The predicted octanol–water partition coefficient (Wildman–Crippen LogP) is 1.15. The molecule has 0 spiro atoms. The number of aromatic nitrogens is 2. The van der Waals surface area contributed by atoms with Crippen molar-refractivity contribution in [2.75, 3.05) is 31.1 Å². The number of nitrogens with one attached hydrogen (secondary N) is 1. The Hall–Kier alpha value is -2.35. The molecule has 0 saturated carbocycles. The number of carbonyl (C=O) groups excluding carboxylic acids is 2. The van der Waals surface area contributed by atoms with Crippen LogP contribution in [-0.2, 0) is 0 Å². The molecule has 122 valence electrons. The molecular formula is C15H19N5O2S. The molecule has 1 saturated heterocycles. The van der Waals surface area contributed by atoms with Crippen LogP contribution in [0.5, 0.6) is 0 Å². The van der Waals surface area contributed by atoms with Gasteiger partial charge >= 0.3 is 0 Å². The normalized spacial score (nSPS) is 15.0. The number of anilines is 1. The Balaban J connectivity index is 1.63. The molecule has 0 radical (unpaired) electrons. The second kappa shape index (κ2) is 6.04. The van der Waals surface area contributed by atoms with Crippen molar-refractivity contribution in [1.82, 2.24) is 14.9 Å². The van der Waals surface area contributed by atoms with Crippen molar-refractivity contribution < 1.29 is 9.59 Å². The lowest BCUT2D eigenvalue weighted by molar-refractivity contribution is 0.0741. The van der Waals surface area contributed by atoms with Crippen LogP contribution in [0.3, 0.4) is 0 Å². The Morgan fingerprint density at radius 1 is 1.26 bits per heavy atom. The summed E-state index contributed by atoms with van der Waals surface area (Å²) in [5, 5.41) is 1.02. The van der Waals surface area contributed by atoms with Crippen molar-refractivity contribution in [1.29, 1.82) is 0 Å². The van der Waals surface area contributed by atoms with Crippen LogP contribution >= 0.6 is 11.3 Å². The smallest absolute Gasteiger partial charge is 0.270 e. The number of rotatable bonds is 3. The first-order valence-corrected chi connectivity index (χ1v) is 8.24. The second-order valence-electron chi connectivity index (χ2n) is 5.58. The minimum atomic E-state index is -0.542. The minimum Gasteiger partial charge on any atom is -0.366 e. The molecule has 1 aliphatic rings. The summed E-state index contributed by atoms with van der Waals surface area (Å²) < 4.78 is 0. The van der Waals surface area contributed by atoms with Gasteiger partial charge < -0.3 is 20.5 Å². The number of nitrogens with two attached hydrogens (primary N) is 1. The van der Waals surface area contributed by atoms with E-state index in [9.17, 15) is 9.59 Å². The summed E-state index contributed by atoms with van der Waals surface area (Å²) in [5.74, 6) is -0.650. The van der Waals surface area contributed by atoms with Gasteiger partial charge in [0.05, 0.1) is 11.3 Å². The predicted molar refractivity (Wildman–Crippen MR) is 89.0 cm³/mol. The maximum atomic E-state index is 12.4. The number of hydrogen-bond acceptors (Lipinski definition) is 5. The number of aromatic amines is 1. The van der Waals surface area contributed by atoms with E-state index < -0.39 is 5.91 Å². The van der Waals surface area contributed by atoms with Crippen LogP contribution in [0.4, 0.5) is 5.13 Å². The molecule has 7 nitrogen and oxygen atoms in total. The van der Waals surface area contributed by atoms with Crippen molar-refractivity contribution >= 4 is 28.3 Å². The highest BCUT2D eigenvalue weighted by atomic mass is 32.1. The molecule has 2 aromatic rings. The lowest BCUT2D eigenvalue weighted by atomic mass is 10.2. The first-order chi connectivity index (χ1) is 11.0. The van der Waals surface area contributed by atoms with Gasteiger partial charge in [0.1, 0.15) is 5.69 Å². The molecule has 2 amide bonds. The van der Waals surface area contributed by atoms with Gasteiger partial charge in [0.2, 0.25) is 5.91 Å². The van der Waals surface area contributed by atoms with E-state index in [1.165, 1.54) is 17.1 Å². The third-order valence-corrected chi connectivity index (χ3v) is 5.19. The maximum Gasteiger partial charge on any atom is 0.270 e. The lowest BCUT2D eigenvalue weighted by Crippen LogP contribution is -2.48. The van der Waals surface area contributed by atoms with E-state index in [1.807, 2.05) is 6.92 Å². The van der Waals surface area contributed by atoms with E-state index in [4.69, 9.17) is 5.73 Å². The van der Waals surface area contributed by atoms with Crippen LogP contribution in [0.1, 0.15) is 31.4 Å². The van der Waals surface area contributed by atoms with E-state index in [0.29, 0.717) is 24.3 Å². The van der Waals surface area contributed by atoms with Gasteiger partial charge in [-0.25, -0.2) is 4.98 Å². The number of amides is 2. The molecule has 0 aliphatic carbocycles. The molecule has 8 heteroatoms. The van der Waals surface area contributed by atoms with Crippen LogP contribution in [0.15, 0.2) is 12.3 Å². The first kappa shape index (κ1) is 15.5. The molecule has 2 aromatic heterocycles. The molecule has 0 atom stereocenters. The van der Waals surface area contributed by atoms with Crippen LogP contribution in [0, 0.1) is 13.8 Å². The summed E-state index contributed by atoms with van der Waals surface area (Å²) in [6.45, 7) is 6.83. The second-order valence-corrected chi connectivity index (χ2v) is 6.77. The molecule has 0 bridgehead atoms. The number of piperazine rings is 1. The van der Waals surface area contributed by atoms with Crippen molar-refractivity contribution in [3.63, 3.8) is 0 Å². The van der Waals surface area contributed by atoms with Gasteiger partial charge in [-0.2, -0.15) is 0 Å². The van der Waals surface area contributed by atoms with Gasteiger partial charge in [-0.15, -0.1) is 11.3 Å². The molecule has 0 unspecified atom stereocenters. The molecule has 23 heavy (non-hydrogen) atoms. The number of aryl methyl sites for hydroxylation is 2. The standard InChI is InChI=1S/C15H19N5O2S/c1-9-10(2)23-15(18-9)20-5-3-19(4-6-20)14(22)12-7-11(8-17-12)13(16)21/h7-8,17H,3-6H2,1-2H3,(H2,16,21). The number of carbonyl (C=O) groups is 2. The highest BCUT2D eigenvalue weighted by Gasteiger charge is 2.25. The zero-order valence-electron chi connectivity index (χ0n) is 13.1. The quantitative estimate of drug-likeness (QED) is 0.881. The van der Waals surface area contributed by atoms with Gasteiger partial charge in [0.15, 0.2) is 5.13 Å². The van der Waals surface area contributed by atoms with Gasteiger partial charge in [-0.1, -0.05) is 0 Å². The average Bonchev–Trinajstić information content (AvgIpc) is 3.15. The SMILES string of the molecule is Cc1nc(N2CCN(C(=O)c3cc(C(N)=O)c[nH]3)CC2)sc1C. The summed E-state index contributed by atoms with van der Waals surface area (Å²) in [6, 6.07) is 1.50. The van der Waals surface area contributed by atoms with E-state index >= 15 is 0 Å². The van der Waals surface area contributed by atoms with E-state index in [0.717, 1.165) is 23.9 Å². The van der Waals surface area contributed by atoms with Gasteiger partial charge in [-0.3, -0.25) is 9.59 Å². The van der Waals surface area contributed by atoms with Crippen LogP contribution in [-0.4, -0.2) is 52.9 Å². The average molecular weight is 333 g/mol. The molecule has 0 aromatic carbocycles. The molecule has 3 heterocycles. The Kier molecular flexibility index (Phi) is 4.08. The third kappa shape index (κ3) is 3.07. The lowest BCUT2D eigenvalue weighted by Gasteiger charge is -2.34. The summed E-state index contributed by atoms with van der Waals surface area (Å²) in [7, 11) is 0. The number of hydrogen-bond donors (Lipinski definition) is 2. The Labute approximate surface area is 138 Å². The van der Waals surface area contributed by atoms with E-state index in [-0.39, 0.29) is 5.91 Å². The third-order valence-electron chi connectivity index (χ3n) is 4.05. The molecule has 3 rings (SSSR count). The monoisotopic (exact) mass is 333 g/mol. The maximum absolute atomic E-state index is 12.4. The molecular weight excluding hydrogens is 314 g/mol. The fraction of sp³-hybridized carbons (Fsp3) is 0.400. The van der Waals surface area contributed by atoms with E-state index in [2.05, 4.69) is 21.8 Å². The largest absolute Gasteiger partial charge is 0.366 e. The van der Waals surface area contributed by atoms with Gasteiger partial charge in [0.25, 0.3) is 5.91 Å². The fourth-order valence-corrected chi connectivity index (χ4v) is 3.48. The Morgan fingerprint density at radius 3 is 2.48 bits per heavy atom. The zero-order valence-corrected chi connectivity index (χ0v) is 13.9. The van der Waals surface area contributed by atoms with Crippen LogP contribution < -0.4 is 10.6 Å². The van der Waals surface area contributed by atoms with Crippen molar-refractivity contribution in [3.8, 4) is 0 Å². The van der Waals surface area contributed by atoms with Crippen molar-refractivity contribution in [2.24, 2.45) is 5.73 Å². The highest BCUT2D eigenvalue weighted by molar-refractivity contribution is 7.15. The number of nitrogens with zero attached hydrogens (tertiary/aromatic N) is 3. The number of primary amides is 1. The fourth-order valence-electron chi connectivity index (χ4n) is 2.52. The molecule has 3 N–H and O–H groups in total. The van der Waals surface area contributed by atoms with Crippen molar-refractivity contribution in [3.05, 3.63) is 34.1 Å². The summed E-state index contributed by atoms with van der Waals surface area (Å²) in [6.07, 6.45) is 1.47. The Morgan fingerprint density at radius 2 is 1.96 bits per heavy atom. The minimum absolute atomic E-state index is 0.108.